The van der Waals surface area contributed by atoms with Crippen LogP contribution >= 0.6 is 0 Å². The van der Waals surface area contributed by atoms with Crippen molar-refractivity contribution in [3.63, 3.8) is 0 Å². The van der Waals surface area contributed by atoms with Gasteiger partial charge in [-0.2, -0.15) is 0 Å². The van der Waals surface area contributed by atoms with Crippen LogP contribution in [0.25, 0.3) is 0 Å². The Bertz CT molecular complexity index is 312. The van der Waals surface area contributed by atoms with E-state index in [1.165, 1.54) is 32.1 Å². The number of esters is 1. The third-order valence-corrected chi connectivity index (χ3v) is 5.99. The van der Waals surface area contributed by atoms with Crippen molar-refractivity contribution in [2.24, 2.45) is 35.5 Å². The summed E-state index contributed by atoms with van der Waals surface area (Å²) in [4.78, 5) is 11.2. The van der Waals surface area contributed by atoms with Crippen molar-refractivity contribution in [1.82, 2.24) is 0 Å². The van der Waals surface area contributed by atoms with E-state index in [0.29, 0.717) is 6.10 Å². The monoisotopic (exact) mass is 220 g/mol. The molecule has 16 heavy (non-hydrogen) atoms. The predicted octanol–water partition coefficient (Wildman–Crippen LogP) is 2.62. The van der Waals surface area contributed by atoms with Gasteiger partial charge in [0.15, 0.2) is 0 Å². The highest BCUT2D eigenvalue weighted by atomic mass is 16.5. The summed E-state index contributed by atoms with van der Waals surface area (Å²) in [7, 11) is 0. The lowest BCUT2D eigenvalue weighted by Gasteiger charge is -2.62. The average molecular weight is 220 g/mol. The molecule has 6 bridgehead atoms. The first kappa shape index (κ1) is 9.49. The van der Waals surface area contributed by atoms with Crippen LogP contribution in [0.2, 0.25) is 0 Å². The molecule has 0 saturated heterocycles. The first-order valence-electron chi connectivity index (χ1n) is 6.89. The van der Waals surface area contributed by atoms with Crippen molar-refractivity contribution in [3.8, 4) is 0 Å². The van der Waals surface area contributed by atoms with Crippen LogP contribution < -0.4 is 0 Å². The standard InChI is InChI=1S/C14H20O2/c1-7(15)16-14-12-5-9-6-13(14)11-3-8(9)2-10(12)4-11/h8-14H,2-6H2,1H3. The van der Waals surface area contributed by atoms with Gasteiger partial charge in [-0.3, -0.25) is 4.79 Å². The molecule has 0 amide bonds. The maximum atomic E-state index is 11.2. The second-order valence-electron chi connectivity index (χ2n) is 6.62. The molecule has 88 valence electrons. The van der Waals surface area contributed by atoms with E-state index in [0.717, 1.165) is 35.5 Å². The van der Waals surface area contributed by atoms with Crippen molar-refractivity contribution in [2.45, 2.75) is 45.1 Å². The number of rotatable bonds is 1. The minimum Gasteiger partial charge on any atom is -0.462 e. The van der Waals surface area contributed by atoms with Crippen LogP contribution in [0, 0.1) is 35.5 Å². The van der Waals surface area contributed by atoms with Crippen LogP contribution in [0.1, 0.15) is 39.0 Å². The van der Waals surface area contributed by atoms with E-state index in [2.05, 4.69) is 0 Å². The molecule has 0 radical (unpaired) electrons. The van der Waals surface area contributed by atoms with Gasteiger partial charge in [-0.1, -0.05) is 0 Å². The van der Waals surface area contributed by atoms with Crippen LogP contribution in [-0.2, 0) is 9.53 Å². The Morgan fingerprint density at radius 2 is 1.38 bits per heavy atom. The molecule has 5 saturated carbocycles. The fourth-order valence-corrected chi connectivity index (χ4v) is 5.59. The summed E-state index contributed by atoms with van der Waals surface area (Å²) in [5.41, 5.74) is 0. The molecule has 0 heterocycles. The topological polar surface area (TPSA) is 26.3 Å². The SMILES string of the molecule is CC(=O)OC1C2CC3CC1C1CC3CC2C1. The summed E-state index contributed by atoms with van der Waals surface area (Å²) in [5.74, 6) is 5.18. The van der Waals surface area contributed by atoms with Crippen LogP contribution in [0.3, 0.4) is 0 Å². The van der Waals surface area contributed by atoms with Crippen LogP contribution in [-0.4, -0.2) is 12.1 Å². The Morgan fingerprint density at radius 3 is 1.94 bits per heavy atom. The van der Waals surface area contributed by atoms with Crippen molar-refractivity contribution in [3.05, 3.63) is 0 Å². The third kappa shape index (κ3) is 1.11. The molecule has 5 aliphatic rings. The fourth-order valence-electron chi connectivity index (χ4n) is 5.59. The highest BCUT2D eigenvalue weighted by molar-refractivity contribution is 5.66. The van der Waals surface area contributed by atoms with Gasteiger partial charge >= 0.3 is 5.97 Å². The molecule has 5 aliphatic carbocycles. The Kier molecular flexibility index (Phi) is 1.79. The summed E-state index contributed by atoms with van der Waals surface area (Å²) in [5, 5.41) is 0. The number of carbonyl (C=O) groups is 1. The van der Waals surface area contributed by atoms with E-state index >= 15 is 0 Å². The highest BCUT2D eigenvalue weighted by Crippen LogP contribution is 2.63. The minimum absolute atomic E-state index is 0.0597. The summed E-state index contributed by atoms with van der Waals surface area (Å²) >= 11 is 0. The summed E-state index contributed by atoms with van der Waals surface area (Å²) in [6.07, 6.45) is 7.33. The molecule has 5 fully saturated rings. The molecule has 0 aliphatic heterocycles. The molecule has 4 atom stereocenters. The fraction of sp³-hybridized carbons (Fsp3) is 0.929. The van der Waals surface area contributed by atoms with Crippen LogP contribution in [0.4, 0.5) is 0 Å². The second kappa shape index (κ2) is 3.02. The lowest BCUT2D eigenvalue weighted by molar-refractivity contribution is -0.198. The number of carbonyl (C=O) groups excluding carboxylic acids is 1. The van der Waals surface area contributed by atoms with Gasteiger partial charge in [-0.05, 0) is 67.6 Å². The molecule has 2 nitrogen and oxygen atoms in total. The maximum absolute atomic E-state index is 11.2. The molecule has 0 aromatic carbocycles. The molecular weight excluding hydrogens is 200 g/mol. The first-order valence-corrected chi connectivity index (χ1v) is 6.89. The van der Waals surface area contributed by atoms with Crippen molar-refractivity contribution < 1.29 is 9.53 Å². The Morgan fingerprint density at radius 1 is 0.875 bits per heavy atom. The van der Waals surface area contributed by atoms with Crippen LogP contribution in [0.5, 0.6) is 0 Å². The molecule has 0 aromatic rings. The van der Waals surface area contributed by atoms with Gasteiger partial charge in [0, 0.05) is 6.92 Å². The van der Waals surface area contributed by atoms with Gasteiger partial charge < -0.3 is 4.74 Å². The zero-order chi connectivity index (χ0) is 10.9. The summed E-state index contributed by atoms with van der Waals surface area (Å²) in [6.45, 7) is 1.58. The van der Waals surface area contributed by atoms with E-state index in [9.17, 15) is 4.79 Å². The Labute approximate surface area is 96.7 Å². The molecule has 0 spiro atoms. The Balaban J connectivity index is 1.68. The number of ether oxygens (including phenoxy) is 1. The zero-order valence-corrected chi connectivity index (χ0v) is 9.89. The number of hydrogen-bond donors (Lipinski definition) is 0. The molecule has 4 unspecified atom stereocenters. The van der Waals surface area contributed by atoms with Gasteiger partial charge in [0.1, 0.15) is 6.10 Å². The second-order valence-corrected chi connectivity index (χ2v) is 6.62. The Hall–Kier alpha value is -0.530. The van der Waals surface area contributed by atoms with E-state index in [1.807, 2.05) is 0 Å². The van der Waals surface area contributed by atoms with E-state index < -0.39 is 0 Å². The zero-order valence-electron chi connectivity index (χ0n) is 9.89. The van der Waals surface area contributed by atoms with Gasteiger partial charge in [0.25, 0.3) is 0 Å². The summed E-state index contributed by atoms with van der Waals surface area (Å²) < 4.78 is 5.67. The van der Waals surface area contributed by atoms with Crippen molar-refractivity contribution >= 4 is 5.97 Å². The van der Waals surface area contributed by atoms with Crippen molar-refractivity contribution in [1.29, 1.82) is 0 Å². The highest BCUT2D eigenvalue weighted by Gasteiger charge is 2.59. The maximum Gasteiger partial charge on any atom is 0.302 e. The van der Waals surface area contributed by atoms with Gasteiger partial charge in [0.2, 0.25) is 0 Å². The molecule has 2 heteroatoms. The van der Waals surface area contributed by atoms with E-state index in [4.69, 9.17) is 4.74 Å². The normalized spacial score (nSPS) is 56.7. The summed E-state index contributed by atoms with van der Waals surface area (Å²) in [6, 6.07) is 0. The third-order valence-electron chi connectivity index (χ3n) is 5.99. The molecular formula is C14H20O2. The van der Waals surface area contributed by atoms with Crippen LogP contribution in [0.15, 0.2) is 0 Å². The number of hydrogen-bond acceptors (Lipinski definition) is 2. The quantitative estimate of drug-likeness (QED) is 0.635. The minimum atomic E-state index is -0.0597. The lowest BCUT2D eigenvalue weighted by Crippen LogP contribution is -2.59. The molecule has 5 rings (SSSR count). The van der Waals surface area contributed by atoms with Crippen molar-refractivity contribution in [2.75, 3.05) is 0 Å². The lowest BCUT2D eigenvalue weighted by atomic mass is 9.44. The van der Waals surface area contributed by atoms with Gasteiger partial charge in [-0.25, -0.2) is 0 Å². The largest absolute Gasteiger partial charge is 0.462 e. The van der Waals surface area contributed by atoms with Gasteiger partial charge in [0.05, 0.1) is 0 Å². The van der Waals surface area contributed by atoms with E-state index in [1.54, 1.807) is 6.92 Å². The molecule has 0 aromatic heterocycles. The average Bonchev–Trinajstić information content (AvgIpc) is 2.24. The first-order chi connectivity index (χ1) is 7.72. The smallest absolute Gasteiger partial charge is 0.302 e. The molecule has 0 N–H and O–H groups in total. The van der Waals surface area contributed by atoms with E-state index in [-0.39, 0.29) is 5.97 Å². The predicted molar refractivity (Wildman–Crippen MR) is 59.6 cm³/mol. The van der Waals surface area contributed by atoms with Gasteiger partial charge in [-0.15, -0.1) is 0 Å².